The number of aliphatic hydroxyl groups excluding tert-OH is 1. The number of hydrogen-bond acceptors (Lipinski definition) is 4. The van der Waals surface area contributed by atoms with Crippen molar-refractivity contribution in [3.63, 3.8) is 0 Å². The molecule has 1 fully saturated rings. The Bertz CT molecular complexity index is 433. The van der Waals surface area contributed by atoms with Gasteiger partial charge in [0.15, 0.2) is 0 Å². The highest BCUT2D eigenvalue weighted by molar-refractivity contribution is 5.02. The lowest BCUT2D eigenvalue weighted by Crippen LogP contribution is -2.50. The first-order valence-corrected chi connectivity index (χ1v) is 8.09. The Morgan fingerprint density at radius 3 is 2.86 bits per heavy atom. The van der Waals surface area contributed by atoms with Gasteiger partial charge in [-0.3, -0.25) is 9.58 Å². The van der Waals surface area contributed by atoms with E-state index in [1.54, 1.807) is 0 Å². The molecule has 3 unspecified atom stereocenters. The maximum absolute atomic E-state index is 10.4. The maximum atomic E-state index is 10.4. The summed E-state index contributed by atoms with van der Waals surface area (Å²) in [6.45, 7) is 11.1. The molecule has 3 atom stereocenters. The average molecular weight is 295 g/mol. The number of rotatable bonds is 6. The Kier molecular flexibility index (Phi) is 5.79. The monoisotopic (exact) mass is 295 g/mol. The Balaban J connectivity index is 1.91. The fraction of sp³-hybridized carbons (Fsp3) is 0.812. The van der Waals surface area contributed by atoms with Crippen LogP contribution in [0.4, 0.5) is 0 Å². The van der Waals surface area contributed by atoms with E-state index in [0.29, 0.717) is 25.1 Å². The lowest BCUT2D eigenvalue weighted by Gasteiger charge is -2.37. The zero-order chi connectivity index (χ0) is 15.4. The third-order valence-electron chi connectivity index (χ3n) is 4.41. The minimum atomic E-state index is -0.494. The molecule has 5 nitrogen and oxygen atoms in total. The number of ether oxygens (including phenoxy) is 1. The molecule has 1 aromatic heterocycles. The zero-order valence-electron chi connectivity index (χ0n) is 13.7. The van der Waals surface area contributed by atoms with Gasteiger partial charge >= 0.3 is 0 Å². The van der Waals surface area contributed by atoms with Gasteiger partial charge in [0, 0.05) is 37.8 Å². The number of aliphatic hydroxyl groups is 1. The van der Waals surface area contributed by atoms with Crippen molar-refractivity contribution in [1.29, 1.82) is 0 Å². The molecule has 120 valence electrons. The van der Waals surface area contributed by atoms with Crippen molar-refractivity contribution in [2.45, 2.75) is 64.8 Å². The van der Waals surface area contributed by atoms with Crippen LogP contribution < -0.4 is 0 Å². The molecule has 1 saturated heterocycles. The van der Waals surface area contributed by atoms with E-state index in [-0.39, 0.29) is 6.10 Å². The Hall–Kier alpha value is -0.910. The predicted octanol–water partition coefficient (Wildman–Crippen LogP) is 1.87. The van der Waals surface area contributed by atoms with E-state index in [0.717, 1.165) is 25.2 Å². The van der Waals surface area contributed by atoms with Crippen LogP contribution in [0.3, 0.4) is 0 Å². The molecule has 5 heteroatoms. The van der Waals surface area contributed by atoms with Gasteiger partial charge < -0.3 is 9.84 Å². The van der Waals surface area contributed by atoms with Crippen LogP contribution >= 0.6 is 0 Å². The minimum absolute atomic E-state index is 0.116. The van der Waals surface area contributed by atoms with Crippen LogP contribution in [0.2, 0.25) is 0 Å². The van der Waals surface area contributed by atoms with Crippen LogP contribution in [0, 0.1) is 0 Å². The summed E-state index contributed by atoms with van der Waals surface area (Å²) in [5.41, 5.74) is 0.938. The highest BCUT2D eigenvalue weighted by Crippen LogP contribution is 2.16. The van der Waals surface area contributed by atoms with Crippen molar-refractivity contribution in [3.8, 4) is 0 Å². The Morgan fingerprint density at radius 1 is 1.43 bits per heavy atom. The molecule has 0 bridgehead atoms. The first-order chi connectivity index (χ1) is 10.0. The highest BCUT2D eigenvalue weighted by Gasteiger charge is 2.28. The largest absolute Gasteiger partial charge is 0.390 e. The lowest BCUT2D eigenvalue weighted by atomic mass is 10.1. The highest BCUT2D eigenvalue weighted by atomic mass is 16.5. The number of aromatic nitrogens is 2. The molecule has 0 amide bonds. The molecule has 21 heavy (non-hydrogen) atoms. The van der Waals surface area contributed by atoms with Gasteiger partial charge in [-0.1, -0.05) is 6.92 Å². The number of morpholine rings is 1. The SMILES string of the molecule is CCC(C)n1ccc(CC(O)C2CN(C(C)C)CCO2)n1. The normalized spacial score (nSPS) is 23.4. The first-order valence-electron chi connectivity index (χ1n) is 8.09. The molecular formula is C16H29N3O2. The molecule has 0 saturated carbocycles. The van der Waals surface area contributed by atoms with Gasteiger partial charge in [0.1, 0.15) is 0 Å². The standard InChI is InChI=1S/C16H29N3O2/c1-5-13(4)19-7-6-14(17-19)10-15(20)16-11-18(12(2)3)8-9-21-16/h6-7,12-13,15-16,20H,5,8-11H2,1-4H3. The lowest BCUT2D eigenvalue weighted by molar-refractivity contribution is -0.0943. The summed E-state index contributed by atoms with van der Waals surface area (Å²) in [5.74, 6) is 0. The second kappa shape index (κ2) is 7.38. The fourth-order valence-electron chi connectivity index (χ4n) is 2.66. The van der Waals surface area contributed by atoms with Crippen molar-refractivity contribution >= 4 is 0 Å². The van der Waals surface area contributed by atoms with Crippen molar-refractivity contribution in [2.75, 3.05) is 19.7 Å². The fourth-order valence-corrected chi connectivity index (χ4v) is 2.66. The summed E-state index contributed by atoms with van der Waals surface area (Å²) < 4.78 is 7.72. The van der Waals surface area contributed by atoms with Crippen LogP contribution in [0.15, 0.2) is 12.3 Å². The van der Waals surface area contributed by atoms with Crippen LogP contribution in [-0.4, -0.2) is 57.7 Å². The van der Waals surface area contributed by atoms with Gasteiger partial charge in [-0.25, -0.2) is 0 Å². The van der Waals surface area contributed by atoms with Crippen LogP contribution in [0.25, 0.3) is 0 Å². The van der Waals surface area contributed by atoms with Gasteiger partial charge in [0.25, 0.3) is 0 Å². The van der Waals surface area contributed by atoms with E-state index in [2.05, 4.69) is 37.7 Å². The molecule has 1 aliphatic rings. The summed E-state index contributed by atoms with van der Waals surface area (Å²) in [7, 11) is 0. The van der Waals surface area contributed by atoms with Crippen LogP contribution in [-0.2, 0) is 11.2 Å². The third-order valence-corrected chi connectivity index (χ3v) is 4.41. The van der Waals surface area contributed by atoms with E-state index < -0.39 is 6.10 Å². The second-order valence-electron chi connectivity index (χ2n) is 6.31. The predicted molar refractivity (Wildman–Crippen MR) is 83.4 cm³/mol. The molecule has 1 N–H and O–H groups in total. The molecule has 0 aromatic carbocycles. The maximum Gasteiger partial charge on any atom is 0.0965 e. The molecule has 0 aliphatic carbocycles. The van der Waals surface area contributed by atoms with Crippen molar-refractivity contribution in [1.82, 2.24) is 14.7 Å². The molecule has 2 rings (SSSR count). The van der Waals surface area contributed by atoms with E-state index in [1.807, 2.05) is 16.9 Å². The quantitative estimate of drug-likeness (QED) is 0.870. The van der Waals surface area contributed by atoms with Crippen molar-refractivity contribution in [3.05, 3.63) is 18.0 Å². The molecule has 1 aromatic rings. The van der Waals surface area contributed by atoms with Gasteiger partial charge in [-0.05, 0) is 33.3 Å². The smallest absolute Gasteiger partial charge is 0.0965 e. The van der Waals surface area contributed by atoms with E-state index in [4.69, 9.17) is 4.74 Å². The number of nitrogens with zero attached hydrogens (tertiary/aromatic N) is 3. The zero-order valence-corrected chi connectivity index (χ0v) is 13.7. The second-order valence-corrected chi connectivity index (χ2v) is 6.31. The summed E-state index contributed by atoms with van der Waals surface area (Å²) in [5, 5.41) is 15.0. The summed E-state index contributed by atoms with van der Waals surface area (Å²) in [4.78, 5) is 2.36. The molecule has 2 heterocycles. The summed E-state index contributed by atoms with van der Waals surface area (Å²) in [6, 6.07) is 2.89. The topological polar surface area (TPSA) is 50.5 Å². The van der Waals surface area contributed by atoms with E-state index in [1.165, 1.54) is 0 Å². The molecule has 0 spiro atoms. The molecular weight excluding hydrogens is 266 g/mol. The van der Waals surface area contributed by atoms with Gasteiger partial charge in [-0.2, -0.15) is 5.10 Å². The third kappa shape index (κ3) is 4.28. The Labute approximate surface area is 127 Å². The Morgan fingerprint density at radius 2 is 2.19 bits per heavy atom. The van der Waals surface area contributed by atoms with Crippen LogP contribution in [0.5, 0.6) is 0 Å². The first kappa shape index (κ1) is 16.5. The molecule has 0 radical (unpaired) electrons. The van der Waals surface area contributed by atoms with E-state index in [9.17, 15) is 5.11 Å². The van der Waals surface area contributed by atoms with Gasteiger partial charge in [-0.15, -0.1) is 0 Å². The van der Waals surface area contributed by atoms with Crippen molar-refractivity contribution < 1.29 is 9.84 Å². The summed E-state index contributed by atoms with van der Waals surface area (Å²) >= 11 is 0. The van der Waals surface area contributed by atoms with Gasteiger partial charge in [0.2, 0.25) is 0 Å². The van der Waals surface area contributed by atoms with Crippen LogP contribution in [0.1, 0.15) is 45.9 Å². The number of hydrogen-bond donors (Lipinski definition) is 1. The minimum Gasteiger partial charge on any atom is -0.390 e. The average Bonchev–Trinajstić information content (AvgIpc) is 2.95. The van der Waals surface area contributed by atoms with Gasteiger partial charge in [0.05, 0.1) is 24.5 Å². The molecule has 1 aliphatic heterocycles. The van der Waals surface area contributed by atoms with E-state index >= 15 is 0 Å². The van der Waals surface area contributed by atoms with Crippen molar-refractivity contribution in [2.24, 2.45) is 0 Å². The summed E-state index contributed by atoms with van der Waals surface area (Å²) in [6.07, 6.45) is 3.00.